The summed E-state index contributed by atoms with van der Waals surface area (Å²) in [5.41, 5.74) is 1.96. The summed E-state index contributed by atoms with van der Waals surface area (Å²) in [6.07, 6.45) is 0.849. The number of hydrogen-bond donors (Lipinski definition) is 1. The number of aromatic nitrogens is 4. The summed E-state index contributed by atoms with van der Waals surface area (Å²) in [5.74, 6) is 0.684. The normalized spacial score (nSPS) is 10.5. The molecule has 5 nitrogen and oxygen atoms in total. The zero-order chi connectivity index (χ0) is 12.3. The summed E-state index contributed by atoms with van der Waals surface area (Å²) >= 11 is 1.63. The van der Waals surface area contributed by atoms with Gasteiger partial charge < -0.3 is 5.32 Å². The van der Waals surface area contributed by atoms with Crippen LogP contribution in [0.4, 0.5) is 5.95 Å². The lowest BCUT2D eigenvalue weighted by Crippen LogP contribution is -2.09. The van der Waals surface area contributed by atoms with Crippen LogP contribution >= 0.6 is 11.3 Å². The highest BCUT2D eigenvalue weighted by molar-refractivity contribution is 7.11. The summed E-state index contributed by atoms with van der Waals surface area (Å²) in [4.78, 5) is 8.63. The van der Waals surface area contributed by atoms with Gasteiger partial charge in [-0.3, -0.25) is 0 Å². The van der Waals surface area contributed by atoms with E-state index >= 15 is 0 Å². The van der Waals surface area contributed by atoms with Crippen LogP contribution in [0.3, 0.4) is 0 Å². The van der Waals surface area contributed by atoms with Crippen molar-refractivity contribution in [1.29, 1.82) is 0 Å². The Balaban J connectivity index is 1.89. The van der Waals surface area contributed by atoms with Gasteiger partial charge in [0.15, 0.2) is 0 Å². The van der Waals surface area contributed by atoms with Gasteiger partial charge in [0, 0.05) is 24.4 Å². The molecule has 6 heteroatoms. The van der Waals surface area contributed by atoms with Crippen molar-refractivity contribution in [1.82, 2.24) is 20.2 Å². The first kappa shape index (κ1) is 11.9. The summed E-state index contributed by atoms with van der Waals surface area (Å²) in [6, 6.07) is 1.96. The molecule has 0 aromatic carbocycles. The lowest BCUT2D eigenvalue weighted by atomic mass is 10.3. The van der Waals surface area contributed by atoms with Gasteiger partial charge in [-0.05, 0) is 26.8 Å². The molecule has 0 saturated heterocycles. The lowest BCUT2D eigenvalue weighted by molar-refractivity contribution is 0.913. The number of rotatable bonds is 4. The zero-order valence-electron chi connectivity index (χ0n) is 10.2. The molecular formula is C11H15N5S. The Hall–Kier alpha value is -1.56. The van der Waals surface area contributed by atoms with E-state index in [1.807, 2.05) is 26.8 Å². The highest BCUT2D eigenvalue weighted by Gasteiger charge is 2.02. The minimum absolute atomic E-state index is 0.684. The van der Waals surface area contributed by atoms with Crippen LogP contribution < -0.4 is 5.32 Å². The van der Waals surface area contributed by atoms with E-state index in [-0.39, 0.29) is 0 Å². The van der Waals surface area contributed by atoms with Crippen LogP contribution in [0.2, 0.25) is 0 Å². The number of nitrogens with one attached hydrogen (secondary N) is 1. The molecule has 0 bridgehead atoms. The molecule has 0 radical (unpaired) electrons. The molecule has 2 heterocycles. The molecular weight excluding hydrogens is 234 g/mol. The largest absolute Gasteiger partial charge is 0.354 e. The van der Waals surface area contributed by atoms with Gasteiger partial charge in [-0.2, -0.15) is 0 Å². The minimum atomic E-state index is 0.684. The van der Waals surface area contributed by atoms with E-state index in [2.05, 4.69) is 25.5 Å². The predicted octanol–water partition coefficient (Wildman–Crippen LogP) is 1.91. The molecule has 17 heavy (non-hydrogen) atoms. The van der Waals surface area contributed by atoms with Crippen LogP contribution in [0.5, 0.6) is 0 Å². The topological polar surface area (TPSA) is 63.6 Å². The van der Waals surface area contributed by atoms with Crippen LogP contribution in [0.25, 0.3) is 0 Å². The van der Waals surface area contributed by atoms with Crippen molar-refractivity contribution in [2.45, 2.75) is 27.2 Å². The van der Waals surface area contributed by atoms with E-state index in [1.165, 1.54) is 0 Å². The van der Waals surface area contributed by atoms with Crippen molar-refractivity contribution in [2.24, 2.45) is 0 Å². The van der Waals surface area contributed by atoms with E-state index in [4.69, 9.17) is 0 Å². The maximum atomic E-state index is 4.32. The fourth-order valence-corrected chi connectivity index (χ4v) is 2.23. The smallest absolute Gasteiger partial charge is 0.223 e. The average Bonchev–Trinajstić information content (AvgIpc) is 2.63. The minimum Gasteiger partial charge on any atom is -0.354 e. The van der Waals surface area contributed by atoms with Crippen molar-refractivity contribution in [2.75, 3.05) is 11.9 Å². The Morgan fingerprint density at radius 3 is 2.41 bits per heavy atom. The average molecular weight is 249 g/mol. The van der Waals surface area contributed by atoms with Gasteiger partial charge in [0.25, 0.3) is 0 Å². The van der Waals surface area contributed by atoms with Crippen LogP contribution in [-0.2, 0) is 6.42 Å². The van der Waals surface area contributed by atoms with E-state index in [0.717, 1.165) is 34.4 Å². The SMILES string of the molecule is Cc1cc(C)nc(NCCc2nnc(C)s2)n1. The first-order valence-corrected chi connectivity index (χ1v) is 6.30. The van der Waals surface area contributed by atoms with Gasteiger partial charge in [-0.15, -0.1) is 21.5 Å². The highest BCUT2D eigenvalue weighted by atomic mass is 32.1. The highest BCUT2D eigenvalue weighted by Crippen LogP contribution is 2.09. The zero-order valence-corrected chi connectivity index (χ0v) is 11.0. The fraction of sp³-hybridized carbons (Fsp3) is 0.455. The van der Waals surface area contributed by atoms with Crippen LogP contribution in [0.1, 0.15) is 21.4 Å². The van der Waals surface area contributed by atoms with Crippen LogP contribution in [-0.4, -0.2) is 26.7 Å². The molecule has 0 fully saturated rings. The summed E-state index contributed by atoms with van der Waals surface area (Å²) in [5, 5.41) is 13.3. The second-order valence-electron chi connectivity index (χ2n) is 3.87. The van der Waals surface area contributed by atoms with Gasteiger partial charge >= 0.3 is 0 Å². The maximum absolute atomic E-state index is 4.32. The number of aryl methyl sites for hydroxylation is 3. The monoisotopic (exact) mass is 249 g/mol. The molecule has 0 spiro atoms. The summed E-state index contributed by atoms with van der Waals surface area (Å²) in [6.45, 7) is 6.67. The summed E-state index contributed by atoms with van der Waals surface area (Å²) in [7, 11) is 0. The maximum Gasteiger partial charge on any atom is 0.223 e. The first-order valence-electron chi connectivity index (χ1n) is 5.48. The molecule has 0 aliphatic heterocycles. The fourth-order valence-electron chi connectivity index (χ4n) is 1.52. The van der Waals surface area contributed by atoms with E-state index in [1.54, 1.807) is 11.3 Å². The molecule has 0 amide bonds. The summed E-state index contributed by atoms with van der Waals surface area (Å²) < 4.78 is 0. The van der Waals surface area contributed by atoms with Crippen LogP contribution in [0.15, 0.2) is 6.07 Å². The third-order valence-electron chi connectivity index (χ3n) is 2.17. The van der Waals surface area contributed by atoms with Crippen LogP contribution in [0, 0.1) is 20.8 Å². The molecule has 0 saturated carbocycles. The second kappa shape index (κ2) is 5.18. The first-order chi connectivity index (χ1) is 8.13. The van der Waals surface area contributed by atoms with Gasteiger partial charge in [-0.25, -0.2) is 9.97 Å². The van der Waals surface area contributed by atoms with Gasteiger partial charge in [0.2, 0.25) is 5.95 Å². The van der Waals surface area contributed by atoms with Crippen molar-refractivity contribution < 1.29 is 0 Å². The molecule has 0 unspecified atom stereocenters. The molecule has 90 valence electrons. The molecule has 2 aromatic heterocycles. The van der Waals surface area contributed by atoms with Gasteiger partial charge in [-0.1, -0.05) is 0 Å². The molecule has 1 N–H and O–H groups in total. The second-order valence-corrected chi connectivity index (χ2v) is 5.13. The molecule has 0 aliphatic rings. The Bertz CT molecular complexity index is 488. The Morgan fingerprint density at radius 1 is 1.12 bits per heavy atom. The number of nitrogens with zero attached hydrogens (tertiary/aromatic N) is 4. The van der Waals surface area contributed by atoms with Gasteiger partial charge in [0.05, 0.1) is 0 Å². The Kier molecular flexibility index (Phi) is 3.63. The van der Waals surface area contributed by atoms with E-state index in [9.17, 15) is 0 Å². The van der Waals surface area contributed by atoms with E-state index in [0.29, 0.717) is 5.95 Å². The standard InChI is InChI=1S/C11H15N5S/c1-7-6-8(2)14-11(13-7)12-5-4-10-16-15-9(3)17-10/h6H,4-5H2,1-3H3,(H,12,13,14). The Labute approximate surface area is 104 Å². The number of anilines is 1. The van der Waals surface area contributed by atoms with Crippen molar-refractivity contribution >= 4 is 17.3 Å². The molecule has 2 rings (SSSR count). The van der Waals surface area contributed by atoms with Gasteiger partial charge in [0.1, 0.15) is 10.0 Å². The van der Waals surface area contributed by atoms with Crippen molar-refractivity contribution in [3.63, 3.8) is 0 Å². The molecule has 2 aromatic rings. The lowest BCUT2D eigenvalue weighted by Gasteiger charge is -2.04. The molecule has 0 aliphatic carbocycles. The predicted molar refractivity (Wildman–Crippen MR) is 68.3 cm³/mol. The third-order valence-corrected chi connectivity index (χ3v) is 3.07. The third kappa shape index (κ3) is 3.45. The number of hydrogen-bond acceptors (Lipinski definition) is 6. The van der Waals surface area contributed by atoms with Crippen molar-refractivity contribution in [3.05, 3.63) is 27.5 Å². The van der Waals surface area contributed by atoms with E-state index < -0.39 is 0 Å². The quantitative estimate of drug-likeness (QED) is 0.896. The van der Waals surface area contributed by atoms with Crippen molar-refractivity contribution in [3.8, 4) is 0 Å². The molecule has 0 atom stereocenters. The Morgan fingerprint density at radius 2 is 1.82 bits per heavy atom.